The molecule has 5 nitrogen and oxygen atoms in total. The zero-order valence-corrected chi connectivity index (χ0v) is 15.7. The van der Waals surface area contributed by atoms with Gasteiger partial charge in [-0.05, 0) is 43.0 Å². The van der Waals surface area contributed by atoms with Crippen LogP contribution in [0.1, 0.15) is 30.5 Å². The lowest BCUT2D eigenvalue weighted by atomic mass is 10.1. The molecule has 0 N–H and O–H groups in total. The first-order chi connectivity index (χ1) is 13.3. The summed E-state index contributed by atoms with van der Waals surface area (Å²) in [5, 5.41) is 0.623. The van der Waals surface area contributed by atoms with Gasteiger partial charge in [0.15, 0.2) is 5.69 Å². The summed E-state index contributed by atoms with van der Waals surface area (Å²) in [6.45, 7) is 0.895. The fourth-order valence-corrected chi connectivity index (χ4v) is 3.28. The Morgan fingerprint density at radius 2 is 2.14 bits per heavy atom. The van der Waals surface area contributed by atoms with Crippen LogP contribution in [0, 0.1) is 0 Å². The van der Waals surface area contributed by atoms with Gasteiger partial charge in [-0.15, -0.1) is 0 Å². The SMILES string of the molecule is O=C(CCc1cccc(Cl)c1)N1CCCC(Oc2nccc(C(F)(F)F)n2)C1. The van der Waals surface area contributed by atoms with Crippen LogP contribution in [-0.2, 0) is 17.4 Å². The van der Waals surface area contributed by atoms with Crippen molar-refractivity contribution in [3.8, 4) is 6.01 Å². The number of aromatic nitrogens is 2. The molecule has 1 fully saturated rings. The summed E-state index contributed by atoms with van der Waals surface area (Å²) < 4.78 is 43.8. The predicted molar refractivity (Wildman–Crippen MR) is 97.0 cm³/mol. The van der Waals surface area contributed by atoms with Gasteiger partial charge in [0, 0.05) is 24.2 Å². The van der Waals surface area contributed by atoms with E-state index in [-0.39, 0.29) is 11.9 Å². The summed E-state index contributed by atoms with van der Waals surface area (Å²) in [6, 6.07) is 7.80. The second-order valence-corrected chi connectivity index (χ2v) is 7.01. The van der Waals surface area contributed by atoms with E-state index in [9.17, 15) is 18.0 Å². The number of benzene rings is 1. The van der Waals surface area contributed by atoms with Crippen molar-refractivity contribution < 1.29 is 22.7 Å². The summed E-state index contributed by atoms with van der Waals surface area (Å²) >= 11 is 5.95. The molecule has 2 aromatic rings. The molecule has 0 spiro atoms. The highest BCUT2D eigenvalue weighted by Crippen LogP contribution is 2.28. The number of hydrogen-bond acceptors (Lipinski definition) is 4. The van der Waals surface area contributed by atoms with Crippen LogP contribution >= 0.6 is 11.6 Å². The van der Waals surface area contributed by atoms with Gasteiger partial charge in [-0.3, -0.25) is 4.79 Å². The van der Waals surface area contributed by atoms with Crippen LogP contribution in [0.4, 0.5) is 13.2 Å². The van der Waals surface area contributed by atoms with Crippen LogP contribution in [0.5, 0.6) is 6.01 Å². The maximum absolute atomic E-state index is 12.8. The van der Waals surface area contributed by atoms with E-state index < -0.39 is 18.0 Å². The molecule has 0 saturated carbocycles. The first kappa shape index (κ1) is 20.4. The van der Waals surface area contributed by atoms with Gasteiger partial charge in [-0.1, -0.05) is 23.7 Å². The molecule has 2 heterocycles. The van der Waals surface area contributed by atoms with Crippen molar-refractivity contribution in [1.29, 1.82) is 0 Å². The van der Waals surface area contributed by atoms with Crippen LogP contribution in [0.3, 0.4) is 0 Å². The Morgan fingerprint density at radius 3 is 2.89 bits per heavy atom. The fourth-order valence-electron chi connectivity index (χ4n) is 3.07. The zero-order valence-electron chi connectivity index (χ0n) is 15.0. The molecule has 0 aliphatic carbocycles. The minimum atomic E-state index is -4.56. The zero-order chi connectivity index (χ0) is 20.1. The Labute approximate surface area is 165 Å². The van der Waals surface area contributed by atoms with Crippen molar-refractivity contribution in [2.45, 2.75) is 38.0 Å². The second-order valence-electron chi connectivity index (χ2n) is 6.57. The summed E-state index contributed by atoms with van der Waals surface area (Å²) in [5.74, 6) is -0.0294. The number of halogens is 4. The number of amides is 1. The molecule has 0 bridgehead atoms. The lowest BCUT2D eigenvalue weighted by molar-refractivity contribution is -0.141. The van der Waals surface area contributed by atoms with Gasteiger partial charge >= 0.3 is 12.2 Å². The smallest absolute Gasteiger partial charge is 0.433 e. The molecule has 1 aliphatic rings. The first-order valence-electron chi connectivity index (χ1n) is 8.90. The van der Waals surface area contributed by atoms with E-state index in [2.05, 4.69) is 9.97 Å². The molecule has 0 radical (unpaired) electrons. The lowest BCUT2D eigenvalue weighted by Gasteiger charge is -2.32. The van der Waals surface area contributed by atoms with E-state index in [4.69, 9.17) is 16.3 Å². The van der Waals surface area contributed by atoms with E-state index in [1.807, 2.05) is 18.2 Å². The number of carbonyl (C=O) groups excluding carboxylic acids is 1. The standard InChI is InChI=1S/C19H19ClF3N3O2/c20-14-4-1-3-13(11-14)6-7-17(27)26-10-2-5-15(12-26)28-18-24-9-8-16(25-18)19(21,22)23/h1,3-4,8-9,11,15H,2,5-7,10,12H2. The number of alkyl halides is 3. The minimum absolute atomic E-state index is 0.0294. The van der Waals surface area contributed by atoms with Gasteiger partial charge in [0.2, 0.25) is 5.91 Å². The maximum Gasteiger partial charge on any atom is 0.433 e. The molecule has 1 saturated heterocycles. The second kappa shape index (κ2) is 8.77. The van der Waals surface area contributed by atoms with Crippen molar-refractivity contribution in [2.24, 2.45) is 0 Å². The lowest BCUT2D eigenvalue weighted by Crippen LogP contribution is -2.44. The molecule has 1 unspecified atom stereocenters. The van der Waals surface area contributed by atoms with Crippen LogP contribution in [0.25, 0.3) is 0 Å². The third kappa shape index (κ3) is 5.58. The highest BCUT2D eigenvalue weighted by Gasteiger charge is 2.33. The van der Waals surface area contributed by atoms with E-state index in [0.29, 0.717) is 43.8 Å². The van der Waals surface area contributed by atoms with E-state index in [1.54, 1.807) is 11.0 Å². The molecular weight excluding hydrogens is 395 g/mol. The Kier molecular flexibility index (Phi) is 6.39. The molecule has 1 aromatic carbocycles. The molecule has 1 amide bonds. The fraction of sp³-hybridized carbons (Fsp3) is 0.421. The number of likely N-dealkylation sites (tertiary alicyclic amines) is 1. The van der Waals surface area contributed by atoms with Crippen molar-refractivity contribution in [1.82, 2.24) is 14.9 Å². The highest BCUT2D eigenvalue weighted by molar-refractivity contribution is 6.30. The largest absolute Gasteiger partial charge is 0.458 e. The van der Waals surface area contributed by atoms with Gasteiger partial charge in [-0.2, -0.15) is 18.2 Å². The average Bonchev–Trinajstić information content (AvgIpc) is 2.66. The molecule has 9 heteroatoms. The average molecular weight is 414 g/mol. The third-order valence-corrected chi connectivity index (χ3v) is 4.68. The topological polar surface area (TPSA) is 55.3 Å². The first-order valence-corrected chi connectivity index (χ1v) is 9.28. The normalized spacial score (nSPS) is 17.4. The van der Waals surface area contributed by atoms with Crippen molar-refractivity contribution in [3.63, 3.8) is 0 Å². The maximum atomic E-state index is 12.8. The van der Waals surface area contributed by atoms with Crippen LogP contribution in [0.2, 0.25) is 5.02 Å². The summed E-state index contributed by atoms with van der Waals surface area (Å²) in [4.78, 5) is 21.3. The summed E-state index contributed by atoms with van der Waals surface area (Å²) in [7, 11) is 0. The van der Waals surface area contributed by atoms with Crippen LogP contribution < -0.4 is 4.74 Å². The Balaban J connectivity index is 1.55. The third-order valence-electron chi connectivity index (χ3n) is 4.44. The molecule has 1 aromatic heterocycles. The number of hydrogen-bond donors (Lipinski definition) is 0. The monoisotopic (exact) mass is 413 g/mol. The molecule has 150 valence electrons. The van der Waals surface area contributed by atoms with Gasteiger partial charge in [0.1, 0.15) is 6.10 Å². The number of carbonyl (C=O) groups is 1. The summed E-state index contributed by atoms with van der Waals surface area (Å²) in [5.41, 5.74) is -0.0780. The summed E-state index contributed by atoms with van der Waals surface area (Å²) in [6.07, 6.45) is -1.76. The van der Waals surface area contributed by atoms with Crippen molar-refractivity contribution >= 4 is 17.5 Å². The van der Waals surface area contributed by atoms with E-state index in [0.717, 1.165) is 17.8 Å². The Bertz CT molecular complexity index is 832. The van der Waals surface area contributed by atoms with Crippen molar-refractivity contribution in [2.75, 3.05) is 13.1 Å². The Morgan fingerprint density at radius 1 is 1.32 bits per heavy atom. The predicted octanol–water partition coefficient (Wildman–Crippen LogP) is 4.15. The quantitative estimate of drug-likeness (QED) is 0.739. The number of ether oxygens (including phenoxy) is 1. The van der Waals surface area contributed by atoms with Gasteiger partial charge in [-0.25, -0.2) is 4.98 Å². The number of nitrogens with zero attached hydrogens (tertiary/aromatic N) is 3. The molecular formula is C19H19ClF3N3O2. The molecule has 1 atom stereocenters. The van der Waals surface area contributed by atoms with E-state index >= 15 is 0 Å². The highest BCUT2D eigenvalue weighted by atomic mass is 35.5. The van der Waals surface area contributed by atoms with Crippen LogP contribution in [-0.4, -0.2) is 40.0 Å². The van der Waals surface area contributed by atoms with Gasteiger partial charge in [0.25, 0.3) is 0 Å². The van der Waals surface area contributed by atoms with E-state index in [1.165, 1.54) is 0 Å². The van der Waals surface area contributed by atoms with Crippen LogP contribution in [0.15, 0.2) is 36.5 Å². The van der Waals surface area contributed by atoms with Gasteiger partial charge in [0.05, 0.1) is 6.54 Å². The molecule has 1 aliphatic heterocycles. The van der Waals surface area contributed by atoms with Gasteiger partial charge < -0.3 is 9.64 Å². The number of aryl methyl sites for hydroxylation is 1. The molecule has 28 heavy (non-hydrogen) atoms. The Hall–Kier alpha value is -2.35. The number of rotatable bonds is 5. The molecule has 3 rings (SSSR count). The van der Waals surface area contributed by atoms with Crippen molar-refractivity contribution in [3.05, 3.63) is 52.8 Å². The number of piperidine rings is 1. The minimum Gasteiger partial charge on any atom is -0.458 e.